The monoisotopic (exact) mass is 718 g/mol. The summed E-state index contributed by atoms with van der Waals surface area (Å²) in [6, 6.07) is 73.4. The molecule has 55 heavy (non-hydrogen) atoms. The van der Waals surface area contributed by atoms with Gasteiger partial charge in [-0.2, -0.15) is 0 Å². The van der Waals surface area contributed by atoms with Crippen molar-refractivity contribution in [2.24, 2.45) is 0 Å². The molecular formula is C52H34N2S. The van der Waals surface area contributed by atoms with Crippen molar-refractivity contribution in [3.8, 4) is 78.4 Å². The fourth-order valence-corrected chi connectivity index (χ4v) is 8.75. The summed E-state index contributed by atoms with van der Waals surface area (Å²) in [7, 11) is 0. The molecule has 2 aromatic heterocycles. The Labute approximate surface area is 324 Å². The molecule has 10 rings (SSSR count). The standard InChI is InChI=1S/C52H34N2S/c1-4-14-35(15-5-1)38-26-28-39(29-27-38)48-34-49(54-52(53-48)41-21-12-20-40(30-41)36-16-6-2-7-17-36)44-32-42(37-18-8-3-9-19-37)31-43(33-44)45-23-13-24-47-46-22-10-11-25-50(46)55-51(45)47/h1-34H. The first-order valence-corrected chi connectivity index (χ1v) is 19.4. The summed E-state index contributed by atoms with van der Waals surface area (Å²) in [4.78, 5) is 10.6. The third kappa shape index (κ3) is 6.41. The van der Waals surface area contributed by atoms with Gasteiger partial charge < -0.3 is 0 Å². The molecule has 0 unspecified atom stereocenters. The van der Waals surface area contributed by atoms with Crippen LogP contribution < -0.4 is 0 Å². The van der Waals surface area contributed by atoms with Gasteiger partial charge in [0.1, 0.15) is 0 Å². The Morgan fingerprint density at radius 1 is 0.291 bits per heavy atom. The first kappa shape index (κ1) is 32.7. The zero-order valence-corrected chi connectivity index (χ0v) is 30.7. The van der Waals surface area contributed by atoms with Crippen LogP contribution in [0.1, 0.15) is 0 Å². The predicted octanol–water partition coefficient (Wildman–Crippen LogP) is 14.5. The minimum Gasteiger partial charge on any atom is -0.228 e. The molecule has 2 nitrogen and oxygen atoms in total. The van der Waals surface area contributed by atoms with Gasteiger partial charge in [-0.05, 0) is 80.9 Å². The quantitative estimate of drug-likeness (QED) is 0.164. The van der Waals surface area contributed by atoms with Crippen molar-refractivity contribution in [3.63, 3.8) is 0 Å². The lowest BCUT2D eigenvalue weighted by atomic mass is 9.93. The van der Waals surface area contributed by atoms with Crippen LogP contribution in [0.25, 0.3) is 98.6 Å². The summed E-state index contributed by atoms with van der Waals surface area (Å²) in [6.07, 6.45) is 0. The van der Waals surface area contributed by atoms with Crippen molar-refractivity contribution in [3.05, 3.63) is 206 Å². The highest BCUT2D eigenvalue weighted by Gasteiger charge is 2.16. The van der Waals surface area contributed by atoms with Crippen LogP contribution >= 0.6 is 11.3 Å². The van der Waals surface area contributed by atoms with Crippen LogP contribution in [0.15, 0.2) is 206 Å². The van der Waals surface area contributed by atoms with Crippen LogP contribution in [0, 0.1) is 0 Å². The maximum Gasteiger partial charge on any atom is 0.160 e. The molecule has 0 saturated carbocycles. The van der Waals surface area contributed by atoms with E-state index in [4.69, 9.17) is 9.97 Å². The molecule has 0 bridgehead atoms. The lowest BCUT2D eigenvalue weighted by Crippen LogP contribution is -1.97. The average molecular weight is 719 g/mol. The fourth-order valence-electron chi connectivity index (χ4n) is 7.51. The number of benzene rings is 8. The Balaban J connectivity index is 1.18. The summed E-state index contributed by atoms with van der Waals surface area (Å²) < 4.78 is 2.59. The number of aromatic nitrogens is 2. The van der Waals surface area contributed by atoms with Gasteiger partial charge in [-0.1, -0.05) is 170 Å². The molecule has 0 radical (unpaired) electrons. The zero-order chi connectivity index (χ0) is 36.6. The van der Waals surface area contributed by atoms with Gasteiger partial charge in [-0.3, -0.25) is 0 Å². The SMILES string of the molecule is c1ccc(-c2ccc(-c3cc(-c4cc(-c5ccccc5)cc(-c5cccc6c5sc5ccccc56)c4)nc(-c4cccc(-c5ccccc5)c4)n3)cc2)cc1. The highest BCUT2D eigenvalue weighted by atomic mass is 32.1. The second-order valence-corrected chi connectivity index (χ2v) is 14.8. The number of thiophene rings is 1. The minimum absolute atomic E-state index is 0.690. The molecule has 0 aliphatic heterocycles. The number of nitrogens with zero attached hydrogens (tertiary/aromatic N) is 2. The van der Waals surface area contributed by atoms with E-state index in [9.17, 15) is 0 Å². The van der Waals surface area contributed by atoms with Crippen molar-refractivity contribution in [2.45, 2.75) is 0 Å². The Kier molecular flexibility index (Phi) is 8.40. The summed E-state index contributed by atoms with van der Waals surface area (Å²) in [5.74, 6) is 0.690. The van der Waals surface area contributed by atoms with E-state index in [0.29, 0.717) is 5.82 Å². The number of rotatable bonds is 7. The van der Waals surface area contributed by atoms with Crippen LogP contribution in [0.3, 0.4) is 0 Å². The highest BCUT2D eigenvalue weighted by molar-refractivity contribution is 7.26. The highest BCUT2D eigenvalue weighted by Crippen LogP contribution is 2.42. The van der Waals surface area contributed by atoms with Gasteiger partial charge in [0.25, 0.3) is 0 Å². The molecule has 10 aromatic rings. The molecule has 0 aliphatic carbocycles. The molecule has 0 spiro atoms. The lowest BCUT2D eigenvalue weighted by molar-refractivity contribution is 1.18. The van der Waals surface area contributed by atoms with Crippen molar-refractivity contribution in [1.82, 2.24) is 9.97 Å². The molecule has 3 heteroatoms. The molecule has 0 fully saturated rings. The second kappa shape index (κ2) is 14.1. The van der Waals surface area contributed by atoms with Crippen molar-refractivity contribution >= 4 is 31.5 Å². The van der Waals surface area contributed by atoms with Gasteiger partial charge in [0.05, 0.1) is 11.4 Å². The normalized spacial score (nSPS) is 11.3. The molecular weight excluding hydrogens is 685 g/mol. The molecule has 0 aliphatic rings. The predicted molar refractivity (Wildman–Crippen MR) is 233 cm³/mol. The van der Waals surface area contributed by atoms with Crippen LogP contribution in [0.5, 0.6) is 0 Å². The maximum atomic E-state index is 5.36. The maximum absolute atomic E-state index is 5.36. The summed E-state index contributed by atoms with van der Waals surface area (Å²) in [6.45, 7) is 0. The molecule has 0 saturated heterocycles. The molecule has 8 aromatic carbocycles. The Morgan fingerprint density at radius 2 is 0.764 bits per heavy atom. The zero-order valence-electron chi connectivity index (χ0n) is 29.9. The van der Waals surface area contributed by atoms with Crippen LogP contribution in [-0.2, 0) is 0 Å². The topological polar surface area (TPSA) is 25.8 Å². The molecule has 258 valence electrons. The Hall–Kier alpha value is -6.94. The lowest BCUT2D eigenvalue weighted by Gasteiger charge is -2.14. The largest absolute Gasteiger partial charge is 0.228 e. The number of hydrogen-bond acceptors (Lipinski definition) is 3. The fraction of sp³-hybridized carbons (Fsp3) is 0. The van der Waals surface area contributed by atoms with E-state index in [1.165, 1.54) is 36.9 Å². The molecule has 0 amide bonds. The third-order valence-electron chi connectivity index (χ3n) is 10.3. The van der Waals surface area contributed by atoms with Crippen molar-refractivity contribution in [2.75, 3.05) is 0 Å². The van der Waals surface area contributed by atoms with E-state index in [1.54, 1.807) is 0 Å². The van der Waals surface area contributed by atoms with E-state index in [-0.39, 0.29) is 0 Å². The molecule has 0 atom stereocenters. The number of fused-ring (bicyclic) bond motifs is 3. The second-order valence-electron chi connectivity index (χ2n) is 13.8. The van der Waals surface area contributed by atoms with Gasteiger partial charge in [-0.25, -0.2) is 9.97 Å². The van der Waals surface area contributed by atoms with E-state index in [0.717, 1.165) is 55.9 Å². The number of hydrogen-bond donors (Lipinski definition) is 0. The Morgan fingerprint density at radius 3 is 1.49 bits per heavy atom. The Bertz CT molecular complexity index is 2950. The molecule has 2 heterocycles. The van der Waals surface area contributed by atoms with E-state index in [2.05, 4.69) is 200 Å². The third-order valence-corrected chi connectivity index (χ3v) is 11.5. The first-order valence-electron chi connectivity index (χ1n) is 18.6. The first-order chi connectivity index (χ1) is 27.2. The van der Waals surface area contributed by atoms with E-state index >= 15 is 0 Å². The van der Waals surface area contributed by atoms with E-state index < -0.39 is 0 Å². The van der Waals surface area contributed by atoms with Crippen LogP contribution in [0.2, 0.25) is 0 Å². The van der Waals surface area contributed by atoms with Crippen molar-refractivity contribution < 1.29 is 0 Å². The van der Waals surface area contributed by atoms with Gasteiger partial charge in [0, 0.05) is 36.9 Å². The summed E-state index contributed by atoms with van der Waals surface area (Å²) in [5.41, 5.74) is 14.1. The summed E-state index contributed by atoms with van der Waals surface area (Å²) >= 11 is 1.86. The van der Waals surface area contributed by atoms with Gasteiger partial charge in [0.2, 0.25) is 0 Å². The van der Waals surface area contributed by atoms with Crippen molar-refractivity contribution in [1.29, 1.82) is 0 Å². The molecule has 0 N–H and O–H groups in total. The van der Waals surface area contributed by atoms with Crippen LogP contribution in [0.4, 0.5) is 0 Å². The van der Waals surface area contributed by atoms with Crippen LogP contribution in [-0.4, -0.2) is 9.97 Å². The van der Waals surface area contributed by atoms with Gasteiger partial charge in [-0.15, -0.1) is 11.3 Å². The summed E-state index contributed by atoms with van der Waals surface area (Å²) in [5, 5.41) is 2.58. The minimum atomic E-state index is 0.690. The average Bonchev–Trinajstić information content (AvgIpc) is 3.66. The van der Waals surface area contributed by atoms with E-state index in [1.807, 2.05) is 17.4 Å². The van der Waals surface area contributed by atoms with Gasteiger partial charge >= 0.3 is 0 Å². The smallest absolute Gasteiger partial charge is 0.160 e. The van der Waals surface area contributed by atoms with Gasteiger partial charge in [0.15, 0.2) is 5.82 Å².